The van der Waals surface area contributed by atoms with Crippen LogP contribution in [-0.2, 0) is 9.47 Å². The quantitative estimate of drug-likeness (QED) is 0.430. The van der Waals surface area contributed by atoms with Gasteiger partial charge in [0.2, 0.25) is 11.9 Å². The number of nitrogens with zero attached hydrogens (tertiary/aromatic N) is 4. The standard InChI is InChI=1S/C24H36ClN7O2/c1-24(8-12-34-13-9-24)16-29-22-27-10-7-20(31-22)21-19(25)15-28-23(32-21)30-18-5-3-17(4-6-18)26-11-14-33-2/h7,10,15,17-18,26H,3-6,8-9,11-14,16H2,1-2H3,(H,27,29,31)(H,28,30,32). The second-order valence-electron chi connectivity index (χ2n) is 9.57. The predicted molar refractivity (Wildman–Crippen MR) is 134 cm³/mol. The molecule has 4 rings (SSSR count). The summed E-state index contributed by atoms with van der Waals surface area (Å²) in [5, 5.41) is 10.9. The van der Waals surface area contributed by atoms with Crippen molar-refractivity contribution in [2.75, 3.05) is 50.7 Å². The minimum absolute atomic E-state index is 0.180. The molecule has 3 N–H and O–H groups in total. The second-order valence-corrected chi connectivity index (χ2v) is 9.98. The molecule has 10 heteroatoms. The average molecular weight is 490 g/mol. The molecule has 2 aromatic rings. The van der Waals surface area contributed by atoms with E-state index in [9.17, 15) is 0 Å². The Balaban J connectivity index is 1.36. The molecule has 34 heavy (non-hydrogen) atoms. The Labute approximate surface area is 206 Å². The summed E-state index contributed by atoms with van der Waals surface area (Å²) in [7, 11) is 1.73. The fourth-order valence-electron chi connectivity index (χ4n) is 4.52. The third-order valence-corrected chi connectivity index (χ3v) is 7.09. The minimum atomic E-state index is 0.180. The van der Waals surface area contributed by atoms with Gasteiger partial charge in [0.15, 0.2) is 0 Å². The molecule has 2 aromatic heterocycles. The number of hydrogen-bond donors (Lipinski definition) is 3. The van der Waals surface area contributed by atoms with Crippen LogP contribution in [0.2, 0.25) is 5.02 Å². The van der Waals surface area contributed by atoms with Crippen LogP contribution in [-0.4, -0.2) is 72.0 Å². The molecule has 2 aliphatic rings. The van der Waals surface area contributed by atoms with E-state index < -0.39 is 0 Å². The van der Waals surface area contributed by atoms with E-state index in [1.807, 2.05) is 6.07 Å². The van der Waals surface area contributed by atoms with Gasteiger partial charge in [0, 0.05) is 51.7 Å². The van der Waals surface area contributed by atoms with Gasteiger partial charge < -0.3 is 25.4 Å². The number of halogens is 1. The maximum atomic E-state index is 6.46. The largest absolute Gasteiger partial charge is 0.383 e. The van der Waals surface area contributed by atoms with Gasteiger partial charge in [0.1, 0.15) is 5.69 Å². The van der Waals surface area contributed by atoms with E-state index in [0.29, 0.717) is 40.4 Å². The first kappa shape index (κ1) is 25.0. The third-order valence-electron chi connectivity index (χ3n) is 6.82. The summed E-state index contributed by atoms with van der Waals surface area (Å²) in [6.07, 6.45) is 9.80. The molecule has 1 aliphatic heterocycles. The number of rotatable bonds is 10. The van der Waals surface area contributed by atoms with Gasteiger partial charge in [0.05, 0.1) is 23.5 Å². The summed E-state index contributed by atoms with van der Waals surface area (Å²) in [5.74, 6) is 1.16. The highest BCUT2D eigenvalue weighted by Crippen LogP contribution is 2.30. The molecule has 1 saturated heterocycles. The lowest BCUT2D eigenvalue weighted by molar-refractivity contribution is 0.0299. The highest BCUT2D eigenvalue weighted by molar-refractivity contribution is 6.32. The fourth-order valence-corrected chi connectivity index (χ4v) is 4.70. The number of methoxy groups -OCH3 is 1. The van der Waals surface area contributed by atoms with E-state index in [1.165, 1.54) is 0 Å². The van der Waals surface area contributed by atoms with Crippen LogP contribution in [0.5, 0.6) is 0 Å². The van der Waals surface area contributed by atoms with Gasteiger partial charge in [0.25, 0.3) is 0 Å². The highest BCUT2D eigenvalue weighted by atomic mass is 35.5. The van der Waals surface area contributed by atoms with Gasteiger partial charge in [-0.05, 0) is 50.0 Å². The van der Waals surface area contributed by atoms with Gasteiger partial charge in [-0.2, -0.15) is 0 Å². The smallest absolute Gasteiger partial charge is 0.223 e. The Morgan fingerprint density at radius 3 is 2.62 bits per heavy atom. The van der Waals surface area contributed by atoms with E-state index in [0.717, 1.165) is 71.4 Å². The van der Waals surface area contributed by atoms with Crippen molar-refractivity contribution in [3.05, 3.63) is 23.5 Å². The molecular formula is C24H36ClN7O2. The van der Waals surface area contributed by atoms with Crippen molar-refractivity contribution in [2.24, 2.45) is 5.41 Å². The van der Waals surface area contributed by atoms with Crippen LogP contribution in [0.3, 0.4) is 0 Å². The molecule has 0 amide bonds. The zero-order valence-corrected chi connectivity index (χ0v) is 20.9. The van der Waals surface area contributed by atoms with Crippen LogP contribution in [0, 0.1) is 5.41 Å². The van der Waals surface area contributed by atoms with E-state index in [-0.39, 0.29) is 5.41 Å². The van der Waals surface area contributed by atoms with E-state index in [2.05, 4.69) is 37.8 Å². The van der Waals surface area contributed by atoms with Crippen LogP contribution in [0.1, 0.15) is 45.4 Å². The molecule has 0 bridgehead atoms. The Bertz CT molecular complexity index is 918. The van der Waals surface area contributed by atoms with Crippen molar-refractivity contribution in [3.63, 3.8) is 0 Å². The summed E-state index contributed by atoms with van der Waals surface area (Å²) in [4.78, 5) is 18.2. The van der Waals surface area contributed by atoms with Gasteiger partial charge in [-0.3, -0.25) is 0 Å². The molecule has 1 aliphatic carbocycles. The number of ether oxygens (including phenoxy) is 2. The highest BCUT2D eigenvalue weighted by Gasteiger charge is 2.27. The van der Waals surface area contributed by atoms with Gasteiger partial charge >= 0.3 is 0 Å². The molecule has 186 valence electrons. The zero-order chi connectivity index (χ0) is 23.8. The van der Waals surface area contributed by atoms with Crippen molar-refractivity contribution >= 4 is 23.5 Å². The monoisotopic (exact) mass is 489 g/mol. The molecule has 9 nitrogen and oxygen atoms in total. The first-order valence-corrected chi connectivity index (χ1v) is 12.6. The molecule has 0 atom stereocenters. The Morgan fingerprint density at radius 1 is 1.09 bits per heavy atom. The van der Waals surface area contributed by atoms with Crippen molar-refractivity contribution in [3.8, 4) is 11.4 Å². The topological polar surface area (TPSA) is 106 Å². The third kappa shape index (κ3) is 6.97. The van der Waals surface area contributed by atoms with Crippen LogP contribution >= 0.6 is 11.6 Å². The van der Waals surface area contributed by atoms with Crippen LogP contribution in [0.4, 0.5) is 11.9 Å². The Morgan fingerprint density at radius 2 is 1.85 bits per heavy atom. The number of nitrogens with one attached hydrogen (secondary N) is 3. The molecule has 0 unspecified atom stereocenters. The fraction of sp³-hybridized carbons (Fsp3) is 0.667. The summed E-state index contributed by atoms with van der Waals surface area (Å²) in [6, 6.07) is 2.72. The maximum Gasteiger partial charge on any atom is 0.223 e. The number of aromatic nitrogens is 4. The Hall–Kier alpha value is -2.07. The SMILES string of the molecule is COCCNC1CCC(Nc2ncc(Cl)c(-c3ccnc(NCC4(C)CCOCC4)n3)n2)CC1. The van der Waals surface area contributed by atoms with Gasteiger partial charge in [-0.1, -0.05) is 18.5 Å². The number of hydrogen-bond acceptors (Lipinski definition) is 9. The Kier molecular flexibility index (Phi) is 8.88. The van der Waals surface area contributed by atoms with E-state index in [4.69, 9.17) is 26.1 Å². The normalized spacial score (nSPS) is 22.3. The van der Waals surface area contributed by atoms with Gasteiger partial charge in [-0.25, -0.2) is 19.9 Å². The second kappa shape index (κ2) is 12.1. The average Bonchev–Trinajstić information content (AvgIpc) is 2.86. The summed E-state index contributed by atoms with van der Waals surface area (Å²) in [6.45, 7) is 6.32. The van der Waals surface area contributed by atoms with Crippen molar-refractivity contribution in [1.82, 2.24) is 25.3 Å². The molecule has 0 radical (unpaired) electrons. The van der Waals surface area contributed by atoms with Crippen LogP contribution in [0.25, 0.3) is 11.4 Å². The minimum Gasteiger partial charge on any atom is -0.383 e. The van der Waals surface area contributed by atoms with Crippen LogP contribution < -0.4 is 16.0 Å². The van der Waals surface area contributed by atoms with E-state index in [1.54, 1.807) is 19.5 Å². The summed E-state index contributed by atoms with van der Waals surface area (Å²) >= 11 is 6.46. The van der Waals surface area contributed by atoms with E-state index >= 15 is 0 Å². The molecule has 3 heterocycles. The van der Waals surface area contributed by atoms with Crippen LogP contribution in [0.15, 0.2) is 18.5 Å². The molecule has 0 aromatic carbocycles. The van der Waals surface area contributed by atoms with Crippen molar-refractivity contribution < 1.29 is 9.47 Å². The maximum absolute atomic E-state index is 6.46. The first-order valence-electron chi connectivity index (χ1n) is 12.2. The summed E-state index contributed by atoms with van der Waals surface area (Å²) < 4.78 is 10.6. The van der Waals surface area contributed by atoms with Crippen molar-refractivity contribution in [2.45, 2.75) is 57.5 Å². The molecule has 2 fully saturated rings. The lowest BCUT2D eigenvalue weighted by Gasteiger charge is -2.33. The van der Waals surface area contributed by atoms with Crippen molar-refractivity contribution in [1.29, 1.82) is 0 Å². The van der Waals surface area contributed by atoms with Gasteiger partial charge in [-0.15, -0.1) is 0 Å². The predicted octanol–water partition coefficient (Wildman–Crippen LogP) is 3.77. The molecular weight excluding hydrogens is 454 g/mol. The lowest BCUT2D eigenvalue weighted by atomic mass is 9.82. The first-order chi connectivity index (χ1) is 16.5. The molecule has 0 spiro atoms. The lowest BCUT2D eigenvalue weighted by Crippen LogP contribution is -2.38. The number of anilines is 2. The molecule has 1 saturated carbocycles. The zero-order valence-electron chi connectivity index (χ0n) is 20.1. The summed E-state index contributed by atoms with van der Waals surface area (Å²) in [5.41, 5.74) is 1.47.